The predicted octanol–water partition coefficient (Wildman–Crippen LogP) is 1.63. The second kappa shape index (κ2) is 3.77. The van der Waals surface area contributed by atoms with Gasteiger partial charge in [-0.1, -0.05) is 6.58 Å². The average molecular weight is 155 g/mol. The van der Waals surface area contributed by atoms with Crippen LogP contribution in [0.3, 0.4) is 0 Å². The van der Waals surface area contributed by atoms with Crippen LogP contribution in [0.15, 0.2) is 12.3 Å². The fourth-order valence-electron chi connectivity index (χ4n) is 1.39. The van der Waals surface area contributed by atoms with Crippen molar-refractivity contribution in [2.45, 2.75) is 26.3 Å². The third-order valence-corrected chi connectivity index (χ3v) is 1.99. The van der Waals surface area contributed by atoms with Gasteiger partial charge in [0, 0.05) is 24.9 Å². The van der Waals surface area contributed by atoms with Gasteiger partial charge in [-0.2, -0.15) is 0 Å². The zero-order valence-corrected chi connectivity index (χ0v) is 7.47. The summed E-state index contributed by atoms with van der Waals surface area (Å²) in [6.45, 7) is 11.0. The summed E-state index contributed by atoms with van der Waals surface area (Å²) >= 11 is 0. The molecule has 0 bridgehead atoms. The molecule has 64 valence electrons. The third-order valence-electron chi connectivity index (χ3n) is 1.99. The van der Waals surface area contributed by atoms with E-state index in [4.69, 9.17) is 4.74 Å². The Kier molecular flexibility index (Phi) is 2.94. The van der Waals surface area contributed by atoms with E-state index in [2.05, 4.69) is 25.3 Å². The van der Waals surface area contributed by atoms with Crippen molar-refractivity contribution < 1.29 is 4.74 Å². The van der Waals surface area contributed by atoms with Crippen LogP contribution in [0.4, 0.5) is 0 Å². The van der Waals surface area contributed by atoms with Crippen LogP contribution in [0.5, 0.6) is 0 Å². The molecule has 1 fully saturated rings. The quantitative estimate of drug-likeness (QED) is 0.570. The van der Waals surface area contributed by atoms with Gasteiger partial charge in [0.2, 0.25) is 0 Å². The third kappa shape index (κ3) is 2.22. The Hall–Kier alpha value is -0.500. The molecule has 0 amide bonds. The van der Waals surface area contributed by atoms with E-state index in [-0.39, 0.29) is 0 Å². The van der Waals surface area contributed by atoms with Crippen LogP contribution in [0, 0.1) is 0 Å². The van der Waals surface area contributed by atoms with E-state index >= 15 is 0 Å². The Morgan fingerprint density at radius 3 is 2.91 bits per heavy atom. The summed E-state index contributed by atoms with van der Waals surface area (Å²) in [6, 6.07) is 0.559. The lowest BCUT2D eigenvalue weighted by Crippen LogP contribution is -2.30. The Balaban J connectivity index is 2.52. The molecule has 2 heteroatoms. The lowest BCUT2D eigenvalue weighted by Gasteiger charge is -2.28. The normalized spacial score (nSPS) is 20.6. The molecule has 0 aliphatic carbocycles. The molecule has 1 aliphatic heterocycles. The second-order valence-electron chi connectivity index (χ2n) is 3.26. The topological polar surface area (TPSA) is 12.5 Å². The minimum absolute atomic E-state index is 0.559. The molecule has 0 spiro atoms. The summed E-state index contributed by atoms with van der Waals surface area (Å²) in [4.78, 5) is 2.31. The maximum absolute atomic E-state index is 5.35. The van der Waals surface area contributed by atoms with Crippen LogP contribution in [0.25, 0.3) is 0 Å². The van der Waals surface area contributed by atoms with Gasteiger partial charge in [-0.25, -0.2) is 0 Å². The van der Waals surface area contributed by atoms with Crippen LogP contribution in [0.1, 0.15) is 20.3 Å². The van der Waals surface area contributed by atoms with E-state index in [0.717, 1.165) is 25.3 Å². The van der Waals surface area contributed by atoms with E-state index in [0.29, 0.717) is 12.6 Å². The van der Waals surface area contributed by atoms with Crippen LogP contribution in [-0.4, -0.2) is 30.7 Å². The monoisotopic (exact) mass is 155 g/mol. The van der Waals surface area contributed by atoms with Gasteiger partial charge >= 0.3 is 0 Å². The Bertz CT molecular complexity index is 142. The largest absolute Gasteiger partial charge is 0.375 e. The maximum atomic E-state index is 5.35. The van der Waals surface area contributed by atoms with Crippen molar-refractivity contribution in [2.24, 2.45) is 0 Å². The Labute approximate surface area is 68.8 Å². The first-order chi connectivity index (χ1) is 5.22. The van der Waals surface area contributed by atoms with E-state index in [1.165, 1.54) is 0 Å². The van der Waals surface area contributed by atoms with Gasteiger partial charge in [0.05, 0.1) is 6.61 Å². The zero-order valence-electron chi connectivity index (χ0n) is 7.47. The number of nitrogens with zero attached hydrogens (tertiary/aromatic N) is 1. The molecule has 1 aliphatic rings. The number of rotatable bonds is 1. The van der Waals surface area contributed by atoms with Gasteiger partial charge in [-0.3, -0.25) is 0 Å². The summed E-state index contributed by atoms with van der Waals surface area (Å²) in [5.74, 6) is 0. The van der Waals surface area contributed by atoms with E-state index in [1.54, 1.807) is 0 Å². The van der Waals surface area contributed by atoms with Gasteiger partial charge in [0.25, 0.3) is 0 Å². The van der Waals surface area contributed by atoms with E-state index < -0.39 is 0 Å². The maximum Gasteiger partial charge on any atom is 0.0858 e. The minimum atomic E-state index is 0.559. The van der Waals surface area contributed by atoms with Gasteiger partial charge in [0.1, 0.15) is 0 Å². The molecule has 0 aromatic carbocycles. The molecule has 0 aromatic rings. The highest BCUT2D eigenvalue weighted by atomic mass is 16.5. The van der Waals surface area contributed by atoms with Gasteiger partial charge in [-0.15, -0.1) is 0 Å². The lowest BCUT2D eigenvalue weighted by atomic mass is 10.2. The molecule has 0 aromatic heterocycles. The lowest BCUT2D eigenvalue weighted by molar-refractivity contribution is 0.160. The number of hydrogen-bond acceptors (Lipinski definition) is 2. The molecule has 1 rings (SSSR count). The Morgan fingerprint density at radius 1 is 1.55 bits per heavy atom. The van der Waals surface area contributed by atoms with Crippen molar-refractivity contribution in [3.63, 3.8) is 0 Å². The van der Waals surface area contributed by atoms with Crippen molar-refractivity contribution in [1.82, 2.24) is 4.90 Å². The highest BCUT2D eigenvalue weighted by Gasteiger charge is 2.13. The molecule has 1 heterocycles. The summed E-state index contributed by atoms with van der Waals surface area (Å²) in [6.07, 6.45) is 1.12. The molecule has 1 saturated heterocycles. The second-order valence-corrected chi connectivity index (χ2v) is 3.26. The zero-order chi connectivity index (χ0) is 8.27. The molecule has 11 heavy (non-hydrogen) atoms. The summed E-state index contributed by atoms with van der Waals surface area (Å²) in [7, 11) is 0. The first kappa shape index (κ1) is 8.60. The first-order valence-corrected chi connectivity index (χ1v) is 4.24. The Morgan fingerprint density at radius 2 is 2.27 bits per heavy atom. The van der Waals surface area contributed by atoms with Crippen molar-refractivity contribution in [3.8, 4) is 0 Å². The van der Waals surface area contributed by atoms with Gasteiger partial charge in [0.15, 0.2) is 0 Å². The van der Waals surface area contributed by atoms with Crippen molar-refractivity contribution in [2.75, 3.05) is 19.8 Å². The van der Waals surface area contributed by atoms with Crippen LogP contribution < -0.4 is 0 Å². The molecular formula is C9H17NO. The summed E-state index contributed by atoms with van der Waals surface area (Å²) in [5, 5.41) is 0. The highest BCUT2D eigenvalue weighted by molar-refractivity contribution is 4.96. The predicted molar refractivity (Wildman–Crippen MR) is 46.4 cm³/mol. The average Bonchev–Trinajstić information content (AvgIpc) is 2.13. The van der Waals surface area contributed by atoms with Crippen LogP contribution in [-0.2, 0) is 4.74 Å². The smallest absolute Gasteiger partial charge is 0.0858 e. The highest BCUT2D eigenvalue weighted by Crippen LogP contribution is 2.12. The molecule has 0 atom stereocenters. The molecule has 2 nitrogen and oxygen atoms in total. The molecule has 0 radical (unpaired) electrons. The fraction of sp³-hybridized carbons (Fsp3) is 0.778. The van der Waals surface area contributed by atoms with Crippen molar-refractivity contribution >= 4 is 0 Å². The van der Waals surface area contributed by atoms with Crippen molar-refractivity contribution in [3.05, 3.63) is 12.3 Å². The van der Waals surface area contributed by atoms with Crippen LogP contribution >= 0.6 is 0 Å². The summed E-state index contributed by atoms with van der Waals surface area (Å²) < 4.78 is 5.35. The molecule has 0 unspecified atom stereocenters. The molecule has 0 N–H and O–H groups in total. The van der Waals surface area contributed by atoms with Crippen molar-refractivity contribution in [1.29, 1.82) is 0 Å². The van der Waals surface area contributed by atoms with E-state index in [9.17, 15) is 0 Å². The summed E-state index contributed by atoms with van der Waals surface area (Å²) in [5.41, 5.74) is 1.12. The minimum Gasteiger partial charge on any atom is -0.375 e. The van der Waals surface area contributed by atoms with Crippen LogP contribution in [0.2, 0.25) is 0 Å². The SMILES string of the molecule is C=C1COCCCN1C(C)C. The van der Waals surface area contributed by atoms with Gasteiger partial charge < -0.3 is 9.64 Å². The standard InChI is InChI=1S/C9H17NO/c1-8(2)10-5-4-6-11-7-9(10)3/h8H,3-7H2,1-2H3. The number of hydrogen-bond donors (Lipinski definition) is 0. The first-order valence-electron chi connectivity index (χ1n) is 4.24. The fourth-order valence-corrected chi connectivity index (χ4v) is 1.39. The van der Waals surface area contributed by atoms with E-state index in [1.807, 2.05) is 0 Å². The van der Waals surface area contributed by atoms with Gasteiger partial charge in [-0.05, 0) is 20.3 Å². The number of ether oxygens (including phenoxy) is 1. The molecular weight excluding hydrogens is 138 g/mol. The molecule has 0 saturated carbocycles.